The summed E-state index contributed by atoms with van der Waals surface area (Å²) in [5, 5.41) is 2.76. The molecule has 0 bridgehead atoms. The van der Waals surface area contributed by atoms with E-state index >= 15 is 0 Å². The molecule has 2 aliphatic rings. The highest BCUT2D eigenvalue weighted by Gasteiger charge is 2.35. The minimum absolute atomic E-state index is 0.0130. The van der Waals surface area contributed by atoms with Crippen LogP contribution in [0.1, 0.15) is 49.9 Å². The van der Waals surface area contributed by atoms with Crippen LogP contribution in [0, 0.1) is 5.82 Å². The van der Waals surface area contributed by atoms with Crippen LogP contribution in [0.2, 0.25) is 0 Å². The Morgan fingerprint density at radius 1 is 1.32 bits per heavy atom. The first kappa shape index (κ1) is 18.9. The van der Waals surface area contributed by atoms with Crippen molar-refractivity contribution in [2.75, 3.05) is 13.1 Å². The number of fused-ring (bicyclic) bond motifs is 2. The van der Waals surface area contributed by atoms with Crippen LogP contribution in [0.15, 0.2) is 30.3 Å². The second-order valence-electron chi connectivity index (χ2n) is 8.01. The SMILES string of the molecule is CCCN1CCc2cc(F)cc3c2C1Cc1cccc(OC(=O)NC(C)C)c1-3. The van der Waals surface area contributed by atoms with E-state index in [1.54, 1.807) is 18.2 Å². The molecule has 5 heteroatoms. The molecule has 1 N–H and O–H groups in total. The first-order chi connectivity index (χ1) is 13.5. The Bertz CT molecular complexity index is 910. The largest absolute Gasteiger partial charge is 0.412 e. The molecule has 1 aliphatic heterocycles. The van der Waals surface area contributed by atoms with Crippen LogP contribution in [0.4, 0.5) is 9.18 Å². The molecule has 0 aromatic heterocycles. The van der Waals surface area contributed by atoms with Crippen molar-refractivity contribution in [2.24, 2.45) is 0 Å². The van der Waals surface area contributed by atoms with Gasteiger partial charge in [-0.3, -0.25) is 4.90 Å². The molecule has 2 aromatic carbocycles. The van der Waals surface area contributed by atoms with Gasteiger partial charge in [-0.05, 0) is 80.1 Å². The van der Waals surface area contributed by atoms with Crippen LogP contribution < -0.4 is 10.1 Å². The zero-order chi connectivity index (χ0) is 19.8. The lowest BCUT2D eigenvalue weighted by molar-refractivity contribution is 0.182. The van der Waals surface area contributed by atoms with Crippen molar-refractivity contribution >= 4 is 6.09 Å². The summed E-state index contributed by atoms with van der Waals surface area (Å²) in [5.74, 6) is 0.264. The molecule has 1 aliphatic carbocycles. The Morgan fingerprint density at radius 3 is 2.89 bits per heavy atom. The number of ether oxygens (including phenoxy) is 1. The fraction of sp³-hybridized carbons (Fsp3) is 0.435. The number of halogens is 1. The van der Waals surface area contributed by atoms with Crippen molar-refractivity contribution in [2.45, 2.75) is 52.1 Å². The zero-order valence-corrected chi connectivity index (χ0v) is 16.7. The first-order valence-electron chi connectivity index (χ1n) is 10.1. The van der Waals surface area contributed by atoms with Gasteiger partial charge in [0.1, 0.15) is 11.6 Å². The van der Waals surface area contributed by atoms with Gasteiger partial charge in [0.2, 0.25) is 0 Å². The van der Waals surface area contributed by atoms with E-state index in [0.717, 1.165) is 54.6 Å². The molecule has 0 saturated heterocycles. The molecule has 4 nitrogen and oxygen atoms in total. The van der Waals surface area contributed by atoms with Crippen LogP contribution >= 0.6 is 0 Å². The summed E-state index contributed by atoms with van der Waals surface area (Å²) in [6.45, 7) is 7.95. The monoisotopic (exact) mass is 382 g/mol. The standard InChI is InChI=1S/C23H27FN2O2/c1-4-9-26-10-8-16-11-17(24)13-18-21(16)19(26)12-15-6-5-7-20(22(15)18)28-23(27)25-14(2)3/h5-7,11,13-14,19H,4,8-10,12H2,1-3H3,(H,25,27). The van der Waals surface area contributed by atoms with Gasteiger partial charge in [0.25, 0.3) is 0 Å². The van der Waals surface area contributed by atoms with Crippen molar-refractivity contribution in [1.29, 1.82) is 0 Å². The van der Waals surface area contributed by atoms with Crippen LogP contribution in [-0.2, 0) is 12.8 Å². The molecule has 0 spiro atoms. The van der Waals surface area contributed by atoms with Crippen LogP contribution in [-0.4, -0.2) is 30.1 Å². The minimum atomic E-state index is -0.483. The average molecular weight is 382 g/mol. The van der Waals surface area contributed by atoms with Gasteiger partial charge in [-0.15, -0.1) is 0 Å². The van der Waals surface area contributed by atoms with Gasteiger partial charge in [-0.2, -0.15) is 0 Å². The third kappa shape index (κ3) is 3.39. The summed E-state index contributed by atoms with van der Waals surface area (Å²) in [5.41, 5.74) is 5.11. The molecule has 0 fully saturated rings. The highest BCUT2D eigenvalue weighted by molar-refractivity contribution is 5.83. The topological polar surface area (TPSA) is 41.6 Å². The number of carbonyl (C=O) groups is 1. The molecule has 28 heavy (non-hydrogen) atoms. The van der Waals surface area contributed by atoms with E-state index in [-0.39, 0.29) is 17.9 Å². The van der Waals surface area contributed by atoms with Crippen LogP contribution in [0.3, 0.4) is 0 Å². The van der Waals surface area contributed by atoms with Gasteiger partial charge in [-0.1, -0.05) is 19.1 Å². The molecule has 1 unspecified atom stereocenters. The molecule has 0 saturated carbocycles. The van der Waals surface area contributed by atoms with E-state index in [1.165, 1.54) is 5.56 Å². The molecule has 1 heterocycles. The van der Waals surface area contributed by atoms with Gasteiger partial charge in [0, 0.05) is 24.2 Å². The van der Waals surface area contributed by atoms with E-state index in [0.29, 0.717) is 5.75 Å². The normalized spacial score (nSPS) is 17.8. The number of hydrogen-bond acceptors (Lipinski definition) is 3. The molecule has 1 atom stereocenters. The summed E-state index contributed by atoms with van der Waals surface area (Å²) in [6.07, 6.45) is 2.31. The number of benzene rings is 2. The van der Waals surface area contributed by atoms with Gasteiger partial charge >= 0.3 is 6.09 Å². The maximum atomic E-state index is 14.5. The van der Waals surface area contributed by atoms with E-state index in [9.17, 15) is 9.18 Å². The second kappa shape index (κ2) is 7.55. The number of nitrogens with one attached hydrogen (secondary N) is 1. The van der Waals surface area contributed by atoms with Gasteiger partial charge < -0.3 is 10.1 Å². The number of hydrogen-bond donors (Lipinski definition) is 1. The fourth-order valence-corrected chi connectivity index (χ4v) is 4.58. The number of carbonyl (C=O) groups excluding carboxylic acids is 1. The Morgan fingerprint density at radius 2 is 2.14 bits per heavy atom. The van der Waals surface area contributed by atoms with Crippen molar-refractivity contribution in [1.82, 2.24) is 10.2 Å². The number of amides is 1. The molecule has 4 rings (SSSR count). The molecule has 148 valence electrons. The van der Waals surface area contributed by atoms with Crippen LogP contribution in [0.25, 0.3) is 11.1 Å². The third-order valence-corrected chi connectivity index (χ3v) is 5.59. The third-order valence-electron chi connectivity index (χ3n) is 5.59. The number of rotatable bonds is 4. The Labute approximate surface area is 165 Å². The predicted molar refractivity (Wildman–Crippen MR) is 108 cm³/mol. The maximum absolute atomic E-state index is 14.5. The smallest absolute Gasteiger partial charge is 0.410 e. The second-order valence-corrected chi connectivity index (χ2v) is 8.01. The zero-order valence-electron chi connectivity index (χ0n) is 16.7. The highest BCUT2D eigenvalue weighted by Crippen LogP contribution is 2.48. The summed E-state index contributed by atoms with van der Waals surface area (Å²) in [7, 11) is 0. The lowest BCUT2D eigenvalue weighted by atomic mass is 9.76. The summed E-state index contributed by atoms with van der Waals surface area (Å²) >= 11 is 0. The molecular weight excluding hydrogens is 355 g/mol. The molecular formula is C23H27FN2O2. The van der Waals surface area contributed by atoms with Gasteiger partial charge in [-0.25, -0.2) is 9.18 Å². The first-order valence-corrected chi connectivity index (χ1v) is 10.1. The van der Waals surface area contributed by atoms with Crippen molar-refractivity contribution in [3.8, 4) is 16.9 Å². The number of nitrogens with zero attached hydrogens (tertiary/aromatic N) is 1. The molecule has 1 amide bonds. The molecule has 2 aromatic rings. The Hall–Kier alpha value is -2.40. The van der Waals surface area contributed by atoms with Crippen LogP contribution in [0.5, 0.6) is 5.75 Å². The van der Waals surface area contributed by atoms with Crippen molar-refractivity contribution < 1.29 is 13.9 Å². The summed E-state index contributed by atoms with van der Waals surface area (Å²) in [6, 6.07) is 9.29. The summed E-state index contributed by atoms with van der Waals surface area (Å²) < 4.78 is 20.1. The quantitative estimate of drug-likeness (QED) is 0.821. The van der Waals surface area contributed by atoms with Gasteiger partial charge in [0.05, 0.1) is 0 Å². The van der Waals surface area contributed by atoms with Crippen molar-refractivity contribution in [3.05, 3.63) is 52.8 Å². The lowest BCUT2D eigenvalue weighted by Gasteiger charge is -2.42. The van der Waals surface area contributed by atoms with E-state index in [1.807, 2.05) is 19.9 Å². The van der Waals surface area contributed by atoms with E-state index in [4.69, 9.17) is 4.74 Å². The highest BCUT2D eigenvalue weighted by atomic mass is 19.1. The average Bonchev–Trinajstić information content (AvgIpc) is 2.63. The minimum Gasteiger partial charge on any atom is -0.410 e. The van der Waals surface area contributed by atoms with E-state index < -0.39 is 6.09 Å². The Balaban J connectivity index is 1.82. The Kier molecular flexibility index (Phi) is 5.11. The predicted octanol–water partition coefficient (Wildman–Crippen LogP) is 4.85. The van der Waals surface area contributed by atoms with Gasteiger partial charge in [0.15, 0.2) is 0 Å². The summed E-state index contributed by atoms with van der Waals surface area (Å²) in [4.78, 5) is 14.7. The van der Waals surface area contributed by atoms with Crippen molar-refractivity contribution in [3.63, 3.8) is 0 Å². The van der Waals surface area contributed by atoms with E-state index in [2.05, 4.69) is 23.2 Å². The maximum Gasteiger partial charge on any atom is 0.412 e. The molecule has 0 radical (unpaired) electrons. The lowest BCUT2D eigenvalue weighted by Crippen LogP contribution is -2.39. The fourth-order valence-electron chi connectivity index (χ4n) is 4.58.